The quantitative estimate of drug-likeness (QED) is 0.915. The minimum Gasteiger partial charge on any atom is -0.496 e. The molecular formula is C17H20FNO. The lowest BCUT2D eigenvalue weighted by Crippen LogP contribution is -2.19. The molecule has 0 saturated carbocycles. The largest absolute Gasteiger partial charge is 0.496 e. The number of hydrogen-bond donors (Lipinski definition) is 1. The zero-order valence-corrected chi connectivity index (χ0v) is 12.3. The second-order valence-electron chi connectivity index (χ2n) is 4.90. The molecule has 3 heteroatoms. The third-order valence-corrected chi connectivity index (χ3v) is 3.71. The van der Waals surface area contributed by atoms with E-state index in [0.29, 0.717) is 0 Å². The van der Waals surface area contributed by atoms with Gasteiger partial charge in [0, 0.05) is 5.56 Å². The summed E-state index contributed by atoms with van der Waals surface area (Å²) in [6.45, 7) is 4.11. The minimum atomic E-state index is -0.226. The van der Waals surface area contributed by atoms with Gasteiger partial charge in [-0.15, -0.1) is 0 Å². The van der Waals surface area contributed by atoms with E-state index in [2.05, 4.69) is 31.3 Å². The summed E-state index contributed by atoms with van der Waals surface area (Å²) < 4.78 is 18.6. The fourth-order valence-electron chi connectivity index (χ4n) is 2.47. The van der Waals surface area contributed by atoms with E-state index in [1.165, 1.54) is 17.7 Å². The Bertz CT molecular complexity index is 593. The summed E-state index contributed by atoms with van der Waals surface area (Å²) >= 11 is 0. The van der Waals surface area contributed by atoms with Crippen molar-refractivity contribution in [2.45, 2.75) is 19.9 Å². The zero-order valence-electron chi connectivity index (χ0n) is 12.3. The third-order valence-electron chi connectivity index (χ3n) is 3.71. The van der Waals surface area contributed by atoms with Crippen molar-refractivity contribution in [1.82, 2.24) is 5.32 Å². The first-order valence-electron chi connectivity index (χ1n) is 6.65. The lowest BCUT2D eigenvalue weighted by Gasteiger charge is -2.22. The highest BCUT2D eigenvalue weighted by molar-refractivity contribution is 5.49. The Hall–Kier alpha value is -1.87. The number of ether oxygens (including phenoxy) is 1. The van der Waals surface area contributed by atoms with Crippen LogP contribution in [0.4, 0.5) is 4.39 Å². The van der Waals surface area contributed by atoms with Gasteiger partial charge in [0.2, 0.25) is 0 Å². The van der Waals surface area contributed by atoms with Crippen LogP contribution in [0.15, 0.2) is 36.4 Å². The molecule has 106 valence electrons. The van der Waals surface area contributed by atoms with E-state index >= 15 is 0 Å². The van der Waals surface area contributed by atoms with Gasteiger partial charge in [-0.3, -0.25) is 0 Å². The molecule has 2 aromatic rings. The highest BCUT2D eigenvalue weighted by Gasteiger charge is 2.18. The fraction of sp³-hybridized carbons (Fsp3) is 0.294. The van der Waals surface area contributed by atoms with E-state index < -0.39 is 0 Å². The second kappa shape index (κ2) is 6.06. The lowest BCUT2D eigenvalue weighted by atomic mass is 9.94. The van der Waals surface area contributed by atoms with E-state index in [4.69, 9.17) is 4.74 Å². The van der Waals surface area contributed by atoms with Crippen molar-refractivity contribution in [1.29, 1.82) is 0 Å². The van der Waals surface area contributed by atoms with Gasteiger partial charge in [0.05, 0.1) is 13.2 Å². The van der Waals surface area contributed by atoms with Crippen LogP contribution in [0.5, 0.6) is 5.75 Å². The average Bonchev–Trinajstić information content (AvgIpc) is 2.45. The molecule has 20 heavy (non-hydrogen) atoms. The van der Waals surface area contributed by atoms with Crippen LogP contribution >= 0.6 is 0 Å². The molecule has 0 heterocycles. The maximum atomic E-state index is 13.1. The number of benzene rings is 2. The molecule has 1 atom stereocenters. The number of aryl methyl sites for hydroxylation is 1. The Balaban J connectivity index is 2.52. The first-order chi connectivity index (χ1) is 9.58. The molecule has 1 unspecified atom stereocenters. The third kappa shape index (κ3) is 2.68. The van der Waals surface area contributed by atoms with Crippen molar-refractivity contribution in [3.63, 3.8) is 0 Å². The van der Waals surface area contributed by atoms with Crippen molar-refractivity contribution in [2.24, 2.45) is 0 Å². The van der Waals surface area contributed by atoms with Gasteiger partial charge in [-0.1, -0.05) is 24.3 Å². The molecule has 0 fully saturated rings. The van der Waals surface area contributed by atoms with E-state index in [-0.39, 0.29) is 11.9 Å². The molecule has 0 aliphatic rings. The zero-order chi connectivity index (χ0) is 14.7. The number of rotatable bonds is 4. The molecule has 0 saturated heterocycles. The summed E-state index contributed by atoms with van der Waals surface area (Å²) in [4.78, 5) is 0. The second-order valence-corrected chi connectivity index (χ2v) is 4.90. The fourth-order valence-corrected chi connectivity index (χ4v) is 2.47. The van der Waals surface area contributed by atoms with E-state index in [0.717, 1.165) is 22.4 Å². The minimum absolute atomic E-state index is 0.0233. The number of halogens is 1. The monoisotopic (exact) mass is 273 g/mol. The van der Waals surface area contributed by atoms with Gasteiger partial charge in [0.15, 0.2) is 0 Å². The smallest absolute Gasteiger partial charge is 0.127 e. The summed E-state index contributed by atoms with van der Waals surface area (Å²) in [5, 5.41) is 3.27. The highest BCUT2D eigenvalue weighted by atomic mass is 19.1. The van der Waals surface area contributed by atoms with E-state index in [1.54, 1.807) is 19.2 Å². The predicted octanol–water partition coefficient (Wildman–Crippen LogP) is 3.76. The van der Waals surface area contributed by atoms with Crippen LogP contribution in [-0.4, -0.2) is 14.2 Å². The summed E-state index contributed by atoms with van der Waals surface area (Å²) in [6, 6.07) is 10.7. The van der Waals surface area contributed by atoms with Crippen LogP contribution in [0.3, 0.4) is 0 Å². The van der Waals surface area contributed by atoms with Gasteiger partial charge in [0.1, 0.15) is 11.6 Å². The summed E-state index contributed by atoms with van der Waals surface area (Å²) in [7, 11) is 3.57. The Labute approximate surface area is 119 Å². The van der Waals surface area contributed by atoms with Gasteiger partial charge in [-0.2, -0.15) is 0 Å². The number of hydrogen-bond acceptors (Lipinski definition) is 2. The maximum Gasteiger partial charge on any atom is 0.127 e. The maximum absolute atomic E-state index is 13.1. The van der Waals surface area contributed by atoms with Crippen molar-refractivity contribution in [3.8, 4) is 5.75 Å². The van der Waals surface area contributed by atoms with Gasteiger partial charge < -0.3 is 10.1 Å². The number of methoxy groups -OCH3 is 1. The Morgan fingerprint density at radius 3 is 2.25 bits per heavy atom. The predicted molar refractivity (Wildman–Crippen MR) is 79.8 cm³/mol. The standard InChI is InChI=1S/C17H20FNO/c1-11-5-10-15(17(20-4)12(11)2)16(19-3)13-6-8-14(18)9-7-13/h5-10,16,19H,1-4H3. The van der Waals surface area contributed by atoms with Crippen LogP contribution in [0.1, 0.15) is 28.3 Å². The molecule has 0 radical (unpaired) electrons. The molecule has 1 N–H and O–H groups in total. The van der Waals surface area contributed by atoms with Gasteiger partial charge in [-0.25, -0.2) is 4.39 Å². The SMILES string of the molecule is CNC(c1ccc(F)cc1)c1ccc(C)c(C)c1OC. The van der Waals surface area contributed by atoms with Crippen molar-refractivity contribution in [3.05, 3.63) is 64.5 Å². The van der Waals surface area contributed by atoms with E-state index in [9.17, 15) is 4.39 Å². The van der Waals surface area contributed by atoms with Crippen LogP contribution < -0.4 is 10.1 Å². The van der Waals surface area contributed by atoms with Crippen LogP contribution in [0.25, 0.3) is 0 Å². The summed E-state index contributed by atoms with van der Waals surface area (Å²) in [5.74, 6) is 0.657. The molecular weight excluding hydrogens is 253 g/mol. The first kappa shape index (κ1) is 14.5. The van der Waals surface area contributed by atoms with Crippen LogP contribution in [-0.2, 0) is 0 Å². The van der Waals surface area contributed by atoms with Crippen LogP contribution in [0.2, 0.25) is 0 Å². The molecule has 2 rings (SSSR count). The molecule has 0 amide bonds. The van der Waals surface area contributed by atoms with Gasteiger partial charge in [0.25, 0.3) is 0 Å². The number of nitrogens with one attached hydrogen (secondary N) is 1. The Kier molecular flexibility index (Phi) is 4.40. The normalized spacial score (nSPS) is 12.2. The molecule has 2 aromatic carbocycles. The van der Waals surface area contributed by atoms with Crippen molar-refractivity contribution < 1.29 is 9.13 Å². The molecule has 0 aliphatic heterocycles. The van der Waals surface area contributed by atoms with Crippen molar-refractivity contribution in [2.75, 3.05) is 14.2 Å². The molecule has 0 aromatic heterocycles. The van der Waals surface area contributed by atoms with Crippen molar-refractivity contribution >= 4 is 0 Å². The Morgan fingerprint density at radius 1 is 1.05 bits per heavy atom. The van der Waals surface area contributed by atoms with Gasteiger partial charge >= 0.3 is 0 Å². The summed E-state index contributed by atoms with van der Waals surface area (Å²) in [5.41, 5.74) is 4.40. The molecule has 2 nitrogen and oxygen atoms in total. The Morgan fingerprint density at radius 2 is 1.70 bits per heavy atom. The van der Waals surface area contributed by atoms with E-state index in [1.807, 2.05) is 7.05 Å². The first-order valence-corrected chi connectivity index (χ1v) is 6.65. The van der Waals surface area contributed by atoms with Crippen LogP contribution in [0, 0.1) is 19.7 Å². The summed E-state index contributed by atoms with van der Waals surface area (Å²) in [6.07, 6.45) is 0. The highest BCUT2D eigenvalue weighted by Crippen LogP contribution is 2.33. The average molecular weight is 273 g/mol. The molecule has 0 bridgehead atoms. The molecule has 0 aliphatic carbocycles. The topological polar surface area (TPSA) is 21.3 Å². The van der Waals surface area contributed by atoms with Gasteiger partial charge in [-0.05, 0) is 49.7 Å². The molecule has 0 spiro atoms. The lowest BCUT2D eigenvalue weighted by molar-refractivity contribution is 0.402.